The highest BCUT2D eigenvalue weighted by Crippen LogP contribution is 2.39. The van der Waals surface area contributed by atoms with E-state index < -0.39 is 16.8 Å². The van der Waals surface area contributed by atoms with Gasteiger partial charge in [-0.15, -0.1) is 0 Å². The van der Waals surface area contributed by atoms with E-state index in [4.69, 9.17) is 23.4 Å². The first kappa shape index (κ1) is 18.0. The van der Waals surface area contributed by atoms with E-state index in [0.717, 1.165) is 0 Å². The number of cyclic esters (lactones) is 1. The van der Waals surface area contributed by atoms with Crippen molar-refractivity contribution in [3.8, 4) is 17.2 Å². The van der Waals surface area contributed by atoms with Crippen molar-refractivity contribution in [3.63, 3.8) is 0 Å². The van der Waals surface area contributed by atoms with Gasteiger partial charge in [-0.05, 0) is 18.2 Å². The summed E-state index contributed by atoms with van der Waals surface area (Å²) in [5.74, 6) is 0.0664. The fourth-order valence-corrected chi connectivity index (χ4v) is 2.39. The Hall–Kier alpha value is -3.82. The number of nitro groups is 1. The lowest BCUT2D eigenvalue weighted by molar-refractivity contribution is -0.402. The zero-order chi connectivity index (χ0) is 19.6. The van der Waals surface area contributed by atoms with Crippen LogP contribution in [0.2, 0.25) is 0 Å². The summed E-state index contributed by atoms with van der Waals surface area (Å²) in [4.78, 5) is 26.2. The molecule has 140 valence electrons. The third-order valence-corrected chi connectivity index (χ3v) is 3.60. The number of hydrogen-bond donors (Lipinski definition) is 0. The van der Waals surface area contributed by atoms with Crippen LogP contribution >= 0.6 is 0 Å². The average molecular weight is 374 g/mol. The van der Waals surface area contributed by atoms with Crippen molar-refractivity contribution in [1.82, 2.24) is 0 Å². The minimum Gasteiger partial charge on any atom is -0.493 e. The molecule has 3 rings (SSSR count). The van der Waals surface area contributed by atoms with E-state index in [-0.39, 0.29) is 17.4 Å². The number of carbonyl (C=O) groups excluding carboxylic acids is 1. The van der Waals surface area contributed by atoms with E-state index >= 15 is 0 Å². The van der Waals surface area contributed by atoms with Crippen molar-refractivity contribution >= 4 is 23.8 Å². The molecule has 0 unspecified atom stereocenters. The zero-order valence-electron chi connectivity index (χ0n) is 14.5. The topological polar surface area (TPSA) is 123 Å². The number of benzene rings is 1. The largest absolute Gasteiger partial charge is 0.493 e. The summed E-state index contributed by atoms with van der Waals surface area (Å²) in [5, 5.41) is 10.7. The highest BCUT2D eigenvalue weighted by molar-refractivity contribution is 6.13. The van der Waals surface area contributed by atoms with E-state index in [0.29, 0.717) is 22.8 Å². The van der Waals surface area contributed by atoms with Crippen LogP contribution < -0.4 is 14.2 Å². The molecule has 0 spiro atoms. The Morgan fingerprint density at radius 2 is 1.78 bits per heavy atom. The van der Waals surface area contributed by atoms with Crippen LogP contribution in [0.25, 0.3) is 6.08 Å². The van der Waals surface area contributed by atoms with E-state index in [1.54, 1.807) is 12.1 Å². The molecule has 1 aromatic heterocycles. The molecule has 2 heterocycles. The Morgan fingerprint density at radius 1 is 1.11 bits per heavy atom. The Morgan fingerprint density at radius 3 is 2.30 bits per heavy atom. The first-order valence-electron chi connectivity index (χ1n) is 7.54. The van der Waals surface area contributed by atoms with Crippen LogP contribution in [0.4, 0.5) is 5.88 Å². The Kier molecular flexibility index (Phi) is 4.79. The fourth-order valence-electron chi connectivity index (χ4n) is 2.39. The van der Waals surface area contributed by atoms with Crippen LogP contribution in [-0.2, 0) is 9.53 Å². The van der Waals surface area contributed by atoms with E-state index in [1.807, 2.05) is 0 Å². The molecule has 0 amide bonds. The molecule has 0 atom stereocenters. The number of nitrogens with zero attached hydrogens (tertiary/aromatic N) is 2. The van der Waals surface area contributed by atoms with Gasteiger partial charge in [0.15, 0.2) is 17.2 Å². The number of esters is 1. The molecule has 0 N–H and O–H groups in total. The van der Waals surface area contributed by atoms with Crippen molar-refractivity contribution in [3.05, 3.63) is 51.4 Å². The predicted molar refractivity (Wildman–Crippen MR) is 92.1 cm³/mol. The maximum absolute atomic E-state index is 12.1. The van der Waals surface area contributed by atoms with E-state index in [9.17, 15) is 14.9 Å². The molecule has 0 radical (unpaired) electrons. The third kappa shape index (κ3) is 3.45. The van der Waals surface area contributed by atoms with Crippen molar-refractivity contribution < 1.29 is 33.1 Å². The summed E-state index contributed by atoms with van der Waals surface area (Å²) >= 11 is 0. The second-order valence-electron chi connectivity index (χ2n) is 5.18. The first-order valence-corrected chi connectivity index (χ1v) is 7.54. The molecule has 1 aliphatic rings. The summed E-state index contributed by atoms with van der Waals surface area (Å²) < 4.78 is 25.9. The number of ether oxygens (including phenoxy) is 4. The Bertz CT molecular complexity index is 948. The fraction of sp³-hybridized carbons (Fsp3) is 0.176. The van der Waals surface area contributed by atoms with Crippen LogP contribution in [0, 0.1) is 10.1 Å². The maximum Gasteiger partial charge on any atom is 0.433 e. The Balaban J connectivity index is 1.98. The van der Waals surface area contributed by atoms with Crippen LogP contribution in [0.1, 0.15) is 11.3 Å². The normalized spacial score (nSPS) is 14.7. The Labute approximate surface area is 152 Å². The molecule has 0 aliphatic carbocycles. The van der Waals surface area contributed by atoms with Crippen LogP contribution in [0.3, 0.4) is 0 Å². The number of methoxy groups -OCH3 is 3. The second-order valence-corrected chi connectivity index (χ2v) is 5.18. The molecule has 0 saturated heterocycles. The molecule has 10 nitrogen and oxygen atoms in total. The summed E-state index contributed by atoms with van der Waals surface area (Å²) in [6.07, 6.45) is 1.25. The molecule has 1 aliphatic heterocycles. The number of furan rings is 1. The molecule has 27 heavy (non-hydrogen) atoms. The first-order chi connectivity index (χ1) is 13.0. The monoisotopic (exact) mass is 374 g/mol. The van der Waals surface area contributed by atoms with Crippen molar-refractivity contribution in [2.24, 2.45) is 4.99 Å². The van der Waals surface area contributed by atoms with Gasteiger partial charge in [-0.25, -0.2) is 9.79 Å². The van der Waals surface area contributed by atoms with Gasteiger partial charge in [0.25, 0.3) is 0 Å². The number of rotatable bonds is 6. The minimum absolute atomic E-state index is 0.0200. The smallest absolute Gasteiger partial charge is 0.433 e. The van der Waals surface area contributed by atoms with Crippen LogP contribution in [0.15, 0.2) is 39.4 Å². The second kappa shape index (κ2) is 7.20. The number of carbonyl (C=O) groups is 1. The third-order valence-electron chi connectivity index (χ3n) is 3.60. The molecule has 0 bridgehead atoms. The molecule has 1 aromatic carbocycles. The molecule has 10 heteroatoms. The lowest BCUT2D eigenvalue weighted by atomic mass is 10.2. The highest BCUT2D eigenvalue weighted by Gasteiger charge is 2.27. The van der Waals surface area contributed by atoms with Gasteiger partial charge in [-0.1, -0.05) is 0 Å². The van der Waals surface area contributed by atoms with Gasteiger partial charge in [0.2, 0.25) is 11.6 Å². The average Bonchev–Trinajstić information content (AvgIpc) is 3.28. The van der Waals surface area contributed by atoms with Gasteiger partial charge in [-0.3, -0.25) is 10.1 Å². The minimum atomic E-state index is -0.724. The van der Waals surface area contributed by atoms with Crippen molar-refractivity contribution in [1.29, 1.82) is 0 Å². The van der Waals surface area contributed by atoms with Gasteiger partial charge in [0, 0.05) is 11.6 Å². The van der Waals surface area contributed by atoms with Crippen molar-refractivity contribution in [2.45, 2.75) is 0 Å². The van der Waals surface area contributed by atoms with Crippen LogP contribution in [0.5, 0.6) is 17.2 Å². The standard InChI is InChI=1S/C17H14N2O8/c1-23-12-6-9(7-13(24-2)15(12)25-3)16-18-11(17(20)27-16)8-10-4-5-14(26-10)19(21)22/h4-8H,1-3H3. The summed E-state index contributed by atoms with van der Waals surface area (Å²) in [7, 11) is 4.38. The quantitative estimate of drug-likeness (QED) is 0.327. The molecule has 2 aromatic rings. The maximum atomic E-state index is 12.1. The van der Waals surface area contributed by atoms with E-state index in [1.165, 1.54) is 39.5 Å². The molecule has 0 fully saturated rings. The van der Waals surface area contributed by atoms with Gasteiger partial charge in [0.05, 0.1) is 27.4 Å². The van der Waals surface area contributed by atoms with Crippen molar-refractivity contribution in [2.75, 3.05) is 21.3 Å². The van der Waals surface area contributed by atoms with Gasteiger partial charge < -0.3 is 23.4 Å². The molecule has 0 saturated carbocycles. The van der Waals surface area contributed by atoms with Crippen LogP contribution in [-0.4, -0.2) is 38.1 Å². The van der Waals surface area contributed by atoms with Gasteiger partial charge in [-0.2, -0.15) is 0 Å². The predicted octanol–water partition coefficient (Wildman–Crippen LogP) is 2.56. The van der Waals surface area contributed by atoms with E-state index in [2.05, 4.69) is 4.99 Å². The zero-order valence-corrected chi connectivity index (χ0v) is 14.5. The highest BCUT2D eigenvalue weighted by atomic mass is 16.6. The number of hydrogen-bond acceptors (Lipinski definition) is 9. The van der Waals surface area contributed by atoms with Gasteiger partial charge in [0.1, 0.15) is 10.7 Å². The summed E-state index contributed by atoms with van der Waals surface area (Å²) in [6, 6.07) is 5.68. The van der Waals surface area contributed by atoms with Gasteiger partial charge >= 0.3 is 11.9 Å². The lowest BCUT2D eigenvalue weighted by Crippen LogP contribution is -2.06. The summed E-state index contributed by atoms with van der Waals surface area (Å²) in [5.41, 5.74) is 0.356. The lowest BCUT2D eigenvalue weighted by Gasteiger charge is -2.13. The summed E-state index contributed by atoms with van der Waals surface area (Å²) in [6.45, 7) is 0. The number of aliphatic imine (C=N–C) groups is 1. The molecular weight excluding hydrogens is 360 g/mol. The molecular formula is C17H14N2O8. The SMILES string of the molecule is COc1cc(C2=NC(=Cc3ccc([N+](=O)[O-])o3)C(=O)O2)cc(OC)c1OC.